The van der Waals surface area contributed by atoms with Gasteiger partial charge in [-0.25, -0.2) is 14.8 Å². The fourth-order valence-corrected chi connectivity index (χ4v) is 4.96. The van der Waals surface area contributed by atoms with Gasteiger partial charge < -0.3 is 0 Å². The quantitative estimate of drug-likeness (QED) is 0.211. The third kappa shape index (κ3) is 5.22. The standard InChI is InChI=1S/C21H12FN5O5S2/c22-14-4-2-13(3-5-14)20(28)25-23-11-12-1-8-18(17(9-12)27(31)32)33-21-24-16-7-6-15(26(29)30)10-19(16)34-21/h1-11H,(H,25,28). The van der Waals surface area contributed by atoms with Crippen molar-refractivity contribution in [3.8, 4) is 0 Å². The monoisotopic (exact) mass is 497 g/mol. The molecule has 0 atom stereocenters. The first-order valence-corrected chi connectivity index (χ1v) is 11.0. The van der Waals surface area contributed by atoms with Gasteiger partial charge in [0.05, 0.1) is 31.2 Å². The minimum Gasteiger partial charge on any atom is -0.267 e. The van der Waals surface area contributed by atoms with Gasteiger partial charge in [0.15, 0.2) is 4.34 Å². The van der Waals surface area contributed by atoms with Crippen LogP contribution in [-0.2, 0) is 0 Å². The Morgan fingerprint density at radius 3 is 2.53 bits per heavy atom. The van der Waals surface area contributed by atoms with Gasteiger partial charge in [-0.1, -0.05) is 17.8 Å². The van der Waals surface area contributed by atoms with Gasteiger partial charge in [0.25, 0.3) is 17.3 Å². The van der Waals surface area contributed by atoms with Crippen LogP contribution >= 0.6 is 23.1 Å². The van der Waals surface area contributed by atoms with Crippen LogP contribution in [-0.4, -0.2) is 27.0 Å². The third-order valence-electron chi connectivity index (χ3n) is 4.43. The summed E-state index contributed by atoms with van der Waals surface area (Å²) in [5.41, 5.74) is 3.16. The molecule has 0 saturated heterocycles. The maximum absolute atomic E-state index is 12.9. The number of fused-ring (bicyclic) bond motifs is 1. The molecule has 0 bridgehead atoms. The first-order chi connectivity index (χ1) is 16.3. The molecule has 10 nitrogen and oxygen atoms in total. The van der Waals surface area contributed by atoms with Crippen LogP contribution in [0.1, 0.15) is 15.9 Å². The van der Waals surface area contributed by atoms with Gasteiger partial charge in [-0.05, 0) is 36.4 Å². The van der Waals surface area contributed by atoms with Crippen LogP contribution in [0.25, 0.3) is 10.2 Å². The molecule has 13 heteroatoms. The molecule has 3 aromatic carbocycles. The van der Waals surface area contributed by atoms with Crippen molar-refractivity contribution in [1.29, 1.82) is 0 Å². The zero-order chi connectivity index (χ0) is 24.2. The number of benzene rings is 3. The first kappa shape index (κ1) is 22.9. The highest BCUT2D eigenvalue weighted by molar-refractivity contribution is 8.01. The van der Waals surface area contributed by atoms with Crippen LogP contribution in [0.2, 0.25) is 0 Å². The Hall–Kier alpha value is -4.23. The number of aromatic nitrogens is 1. The van der Waals surface area contributed by atoms with Gasteiger partial charge >= 0.3 is 0 Å². The zero-order valence-electron chi connectivity index (χ0n) is 16.9. The van der Waals surface area contributed by atoms with Gasteiger partial charge in [-0.15, -0.1) is 11.3 Å². The molecule has 0 fully saturated rings. The van der Waals surface area contributed by atoms with E-state index in [0.29, 0.717) is 25.0 Å². The van der Waals surface area contributed by atoms with Crippen molar-refractivity contribution in [1.82, 2.24) is 10.4 Å². The first-order valence-electron chi connectivity index (χ1n) is 9.40. The van der Waals surface area contributed by atoms with E-state index < -0.39 is 21.6 Å². The number of non-ortho nitro benzene ring substituents is 1. The molecule has 0 aliphatic heterocycles. The Morgan fingerprint density at radius 2 is 1.82 bits per heavy atom. The second-order valence-electron chi connectivity index (χ2n) is 6.68. The van der Waals surface area contributed by atoms with Crippen LogP contribution in [0.5, 0.6) is 0 Å². The Balaban J connectivity index is 1.51. The number of thiazole rings is 1. The molecule has 0 saturated carbocycles. The summed E-state index contributed by atoms with van der Waals surface area (Å²) in [7, 11) is 0. The number of hydrazone groups is 1. The lowest BCUT2D eigenvalue weighted by Gasteiger charge is -2.02. The summed E-state index contributed by atoms with van der Waals surface area (Å²) >= 11 is 2.26. The highest BCUT2D eigenvalue weighted by Gasteiger charge is 2.18. The third-order valence-corrected chi connectivity index (χ3v) is 6.57. The lowest BCUT2D eigenvalue weighted by molar-refractivity contribution is -0.387. The van der Waals surface area contributed by atoms with E-state index in [-0.39, 0.29) is 16.9 Å². The molecule has 0 radical (unpaired) electrons. The summed E-state index contributed by atoms with van der Waals surface area (Å²) in [6, 6.07) is 13.6. The number of nitrogens with one attached hydrogen (secondary N) is 1. The fourth-order valence-electron chi connectivity index (χ4n) is 2.82. The summed E-state index contributed by atoms with van der Waals surface area (Å²) in [5.74, 6) is -1.04. The Labute approximate surface area is 198 Å². The van der Waals surface area contributed by atoms with Crippen LogP contribution in [0.15, 0.2) is 75.0 Å². The van der Waals surface area contributed by atoms with Crippen molar-refractivity contribution in [3.05, 3.63) is 97.8 Å². The lowest BCUT2D eigenvalue weighted by atomic mass is 10.2. The average Bonchev–Trinajstić information content (AvgIpc) is 3.21. The normalized spacial score (nSPS) is 11.1. The number of carbonyl (C=O) groups excluding carboxylic acids is 1. The van der Waals surface area contributed by atoms with Crippen LogP contribution in [0.3, 0.4) is 0 Å². The summed E-state index contributed by atoms with van der Waals surface area (Å²) in [4.78, 5) is 38.2. The Kier molecular flexibility index (Phi) is 6.56. The van der Waals surface area contributed by atoms with Crippen molar-refractivity contribution < 1.29 is 19.0 Å². The number of nitro groups is 2. The van der Waals surface area contributed by atoms with E-state index >= 15 is 0 Å². The largest absolute Gasteiger partial charge is 0.283 e. The summed E-state index contributed by atoms with van der Waals surface area (Å²) in [6.45, 7) is 0. The van der Waals surface area contributed by atoms with Crippen molar-refractivity contribution in [2.75, 3.05) is 0 Å². The number of carbonyl (C=O) groups is 1. The number of nitro benzene ring substituents is 2. The van der Waals surface area contributed by atoms with Gasteiger partial charge in [-0.2, -0.15) is 5.10 Å². The topological polar surface area (TPSA) is 141 Å². The van der Waals surface area contributed by atoms with E-state index in [1.165, 1.54) is 60.0 Å². The van der Waals surface area contributed by atoms with E-state index in [1.54, 1.807) is 6.07 Å². The van der Waals surface area contributed by atoms with Gasteiger partial charge in [-0.3, -0.25) is 25.0 Å². The minimum atomic E-state index is -0.561. The number of amides is 1. The molecule has 0 aliphatic carbocycles. The van der Waals surface area contributed by atoms with Crippen molar-refractivity contribution in [2.24, 2.45) is 5.10 Å². The van der Waals surface area contributed by atoms with Crippen LogP contribution in [0, 0.1) is 26.0 Å². The second-order valence-corrected chi connectivity index (χ2v) is 9.00. The number of rotatable bonds is 7. The predicted octanol–water partition coefficient (Wildman–Crippen LogP) is 5.17. The molecule has 0 unspecified atom stereocenters. The van der Waals surface area contributed by atoms with Crippen molar-refractivity contribution in [3.63, 3.8) is 0 Å². The summed E-state index contributed by atoms with van der Waals surface area (Å²) < 4.78 is 14.0. The van der Waals surface area contributed by atoms with E-state index in [9.17, 15) is 29.4 Å². The molecule has 0 aliphatic rings. The summed E-state index contributed by atoms with van der Waals surface area (Å²) in [5, 5.41) is 26.4. The SMILES string of the molecule is O=C(NN=Cc1ccc(Sc2nc3ccc([N+](=O)[O-])cc3s2)c([N+](=O)[O-])c1)c1ccc(F)cc1. The molecule has 34 heavy (non-hydrogen) atoms. The lowest BCUT2D eigenvalue weighted by Crippen LogP contribution is -2.17. The molecule has 1 N–H and O–H groups in total. The van der Waals surface area contributed by atoms with Gasteiger partial charge in [0, 0.05) is 29.3 Å². The van der Waals surface area contributed by atoms with Crippen LogP contribution < -0.4 is 5.43 Å². The summed E-state index contributed by atoms with van der Waals surface area (Å²) in [6.07, 6.45) is 1.25. The van der Waals surface area contributed by atoms with E-state index in [2.05, 4.69) is 15.5 Å². The number of hydrogen-bond acceptors (Lipinski definition) is 9. The highest BCUT2D eigenvalue weighted by atomic mass is 32.2. The number of nitrogens with zero attached hydrogens (tertiary/aromatic N) is 4. The van der Waals surface area contributed by atoms with E-state index in [0.717, 1.165) is 23.9 Å². The van der Waals surface area contributed by atoms with Crippen molar-refractivity contribution >= 4 is 56.8 Å². The van der Waals surface area contributed by atoms with E-state index in [1.807, 2.05) is 0 Å². The van der Waals surface area contributed by atoms with Crippen LogP contribution in [0.4, 0.5) is 15.8 Å². The average molecular weight is 497 g/mol. The van der Waals surface area contributed by atoms with Gasteiger partial charge in [0.1, 0.15) is 5.82 Å². The molecule has 1 heterocycles. The molecule has 0 spiro atoms. The fraction of sp³-hybridized carbons (Fsp3) is 0. The predicted molar refractivity (Wildman–Crippen MR) is 125 cm³/mol. The minimum absolute atomic E-state index is 0.0613. The number of hydrogen-bond donors (Lipinski definition) is 1. The Bertz CT molecular complexity index is 1460. The highest BCUT2D eigenvalue weighted by Crippen LogP contribution is 2.39. The maximum atomic E-state index is 12.9. The molecular weight excluding hydrogens is 485 g/mol. The zero-order valence-corrected chi connectivity index (χ0v) is 18.5. The molecule has 1 aromatic heterocycles. The number of halogens is 1. The van der Waals surface area contributed by atoms with E-state index in [4.69, 9.17) is 0 Å². The smallest absolute Gasteiger partial charge is 0.267 e. The molecular formula is C21H12FN5O5S2. The molecule has 170 valence electrons. The van der Waals surface area contributed by atoms with Crippen molar-refractivity contribution in [2.45, 2.75) is 9.24 Å². The maximum Gasteiger partial charge on any atom is 0.283 e. The van der Waals surface area contributed by atoms with Gasteiger partial charge in [0.2, 0.25) is 0 Å². The second kappa shape index (κ2) is 9.72. The molecule has 1 amide bonds. The Morgan fingerprint density at radius 1 is 1.06 bits per heavy atom. The molecule has 4 aromatic rings. The molecule has 4 rings (SSSR count).